The van der Waals surface area contributed by atoms with E-state index in [1.807, 2.05) is 19.1 Å². The molecule has 0 atom stereocenters. The molecule has 1 heterocycles. The van der Waals surface area contributed by atoms with Gasteiger partial charge in [-0.15, -0.1) is 0 Å². The molecule has 0 saturated carbocycles. The van der Waals surface area contributed by atoms with Gasteiger partial charge in [0.2, 0.25) is 0 Å². The predicted octanol–water partition coefficient (Wildman–Crippen LogP) is 3.03. The van der Waals surface area contributed by atoms with Gasteiger partial charge in [-0.3, -0.25) is 9.59 Å². The molecular weight excluding hydrogens is 408 g/mol. The van der Waals surface area contributed by atoms with Gasteiger partial charge < -0.3 is 23.5 Å². The number of hydrogen-bond donors (Lipinski definition) is 0. The molecular formula is C21H22N2O6S. The highest BCUT2D eigenvalue weighted by molar-refractivity contribution is 7.16. The van der Waals surface area contributed by atoms with Gasteiger partial charge in [-0.2, -0.15) is 4.99 Å². The van der Waals surface area contributed by atoms with Gasteiger partial charge in [-0.25, -0.2) is 0 Å². The van der Waals surface area contributed by atoms with E-state index in [1.165, 1.54) is 32.7 Å². The number of rotatable bonds is 7. The van der Waals surface area contributed by atoms with Crippen LogP contribution in [0.5, 0.6) is 17.2 Å². The Hall–Kier alpha value is -3.33. The molecule has 2 aromatic carbocycles. The molecule has 0 radical (unpaired) electrons. The molecule has 3 aromatic rings. The second-order valence-corrected chi connectivity index (χ2v) is 7.07. The van der Waals surface area contributed by atoms with Crippen molar-refractivity contribution in [2.24, 2.45) is 4.99 Å². The van der Waals surface area contributed by atoms with Crippen molar-refractivity contribution >= 4 is 33.4 Å². The normalized spacial score (nSPS) is 11.4. The molecule has 3 rings (SSSR count). The van der Waals surface area contributed by atoms with E-state index >= 15 is 0 Å². The number of carbonyl (C=O) groups is 2. The standard InChI is InChI=1S/C21H22N2O6S/c1-5-29-13-9-10-14-17(11-13)30-21(23(14)12-18(24)28-4)22-20(25)19-15(26-2)7-6-8-16(19)27-3/h6-11H,5,12H2,1-4H3. The summed E-state index contributed by atoms with van der Waals surface area (Å²) in [5, 5.41) is 0. The van der Waals surface area contributed by atoms with E-state index in [0.29, 0.717) is 28.7 Å². The first-order chi connectivity index (χ1) is 14.5. The number of hydrogen-bond acceptors (Lipinski definition) is 7. The summed E-state index contributed by atoms with van der Waals surface area (Å²) >= 11 is 1.27. The summed E-state index contributed by atoms with van der Waals surface area (Å²) in [6.45, 7) is 2.35. The van der Waals surface area contributed by atoms with Gasteiger partial charge in [0.25, 0.3) is 5.91 Å². The Labute approximate surface area is 177 Å². The highest BCUT2D eigenvalue weighted by Gasteiger charge is 2.19. The van der Waals surface area contributed by atoms with Crippen LogP contribution < -0.4 is 19.0 Å². The molecule has 8 nitrogen and oxygen atoms in total. The van der Waals surface area contributed by atoms with Crippen LogP contribution in [0.2, 0.25) is 0 Å². The van der Waals surface area contributed by atoms with Crippen LogP contribution in [0.25, 0.3) is 10.2 Å². The molecule has 0 aliphatic carbocycles. The summed E-state index contributed by atoms with van der Waals surface area (Å²) in [5.74, 6) is 0.400. The van der Waals surface area contributed by atoms with E-state index in [9.17, 15) is 9.59 Å². The molecule has 0 spiro atoms. The summed E-state index contributed by atoms with van der Waals surface area (Å²) in [4.78, 5) is 29.7. The predicted molar refractivity (Wildman–Crippen MR) is 112 cm³/mol. The summed E-state index contributed by atoms with van der Waals surface area (Å²) in [6, 6.07) is 10.5. The van der Waals surface area contributed by atoms with Gasteiger partial charge in [0.05, 0.1) is 38.2 Å². The zero-order valence-corrected chi connectivity index (χ0v) is 17.9. The molecule has 30 heavy (non-hydrogen) atoms. The molecule has 0 fully saturated rings. The monoisotopic (exact) mass is 430 g/mol. The Balaban J connectivity index is 2.18. The van der Waals surface area contributed by atoms with Gasteiger partial charge in [-0.1, -0.05) is 17.4 Å². The first kappa shape index (κ1) is 21.4. The van der Waals surface area contributed by atoms with Crippen LogP contribution in [-0.4, -0.2) is 44.4 Å². The Morgan fingerprint density at radius 3 is 2.37 bits per heavy atom. The van der Waals surface area contributed by atoms with E-state index < -0.39 is 11.9 Å². The number of methoxy groups -OCH3 is 3. The molecule has 0 N–H and O–H groups in total. The minimum atomic E-state index is -0.542. The van der Waals surface area contributed by atoms with E-state index in [4.69, 9.17) is 18.9 Å². The van der Waals surface area contributed by atoms with E-state index in [2.05, 4.69) is 4.99 Å². The largest absolute Gasteiger partial charge is 0.496 e. The van der Waals surface area contributed by atoms with Crippen molar-refractivity contribution in [2.75, 3.05) is 27.9 Å². The lowest BCUT2D eigenvalue weighted by molar-refractivity contribution is -0.141. The highest BCUT2D eigenvalue weighted by atomic mass is 32.1. The molecule has 0 unspecified atom stereocenters. The fourth-order valence-electron chi connectivity index (χ4n) is 2.95. The number of benzene rings is 2. The summed E-state index contributed by atoms with van der Waals surface area (Å²) in [5.41, 5.74) is 0.951. The van der Waals surface area contributed by atoms with Crippen molar-refractivity contribution < 1.29 is 28.5 Å². The van der Waals surface area contributed by atoms with Crippen LogP contribution in [0.4, 0.5) is 0 Å². The summed E-state index contributed by atoms with van der Waals surface area (Å²) in [7, 11) is 4.25. The maximum absolute atomic E-state index is 13.1. The quantitative estimate of drug-likeness (QED) is 0.536. The van der Waals surface area contributed by atoms with Crippen LogP contribution in [0, 0.1) is 0 Å². The molecule has 0 aliphatic rings. The van der Waals surface area contributed by atoms with Crippen molar-refractivity contribution in [3.05, 3.63) is 46.8 Å². The third-order valence-corrected chi connectivity index (χ3v) is 5.36. The fraction of sp³-hybridized carbons (Fsp3) is 0.286. The Bertz CT molecular complexity index is 1130. The minimum Gasteiger partial charge on any atom is -0.496 e. The average Bonchev–Trinajstić information content (AvgIpc) is 3.08. The Morgan fingerprint density at radius 1 is 1.07 bits per heavy atom. The number of amides is 1. The van der Waals surface area contributed by atoms with E-state index in [0.717, 1.165) is 10.2 Å². The second-order valence-electron chi connectivity index (χ2n) is 6.06. The summed E-state index contributed by atoms with van der Waals surface area (Å²) in [6.07, 6.45) is 0. The van der Waals surface area contributed by atoms with E-state index in [-0.39, 0.29) is 12.1 Å². The van der Waals surface area contributed by atoms with Crippen LogP contribution in [0.15, 0.2) is 41.4 Å². The number of carbonyl (C=O) groups excluding carboxylic acids is 2. The number of thiazole rings is 1. The molecule has 1 aromatic heterocycles. The minimum absolute atomic E-state index is 0.0837. The third-order valence-electron chi connectivity index (χ3n) is 4.32. The number of fused-ring (bicyclic) bond motifs is 1. The Morgan fingerprint density at radius 2 is 1.77 bits per heavy atom. The van der Waals surface area contributed by atoms with Crippen molar-refractivity contribution in [3.63, 3.8) is 0 Å². The number of esters is 1. The second kappa shape index (κ2) is 9.45. The molecule has 9 heteroatoms. The SMILES string of the molecule is CCOc1ccc2c(c1)sc(=NC(=O)c1c(OC)cccc1OC)n2CC(=O)OC. The first-order valence-electron chi connectivity index (χ1n) is 9.15. The van der Waals surface area contributed by atoms with Crippen molar-refractivity contribution in [1.82, 2.24) is 4.57 Å². The van der Waals surface area contributed by atoms with E-state index in [1.54, 1.807) is 28.8 Å². The van der Waals surface area contributed by atoms with Crippen LogP contribution in [0.3, 0.4) is 0 Å². The van der Waals surface area contributed by atoms with Crippen LogP contribution in [-0.2, 0) is 16.1 Å². The molecule has 0 aliphatic heterocycles. The lowest BCUT2D eigenvalue weighted by Crippen LogP contribution is -2.22. The smallest absolute Gasteiger partial charge is 0.325 e. The molecule has 0 saturated heterocycles. The average molecular weight is 430 g/mol. The van der Waals surface area contributed by atoms with Gasteiger partial charge in [0.1, 0.15) is 29.4 Å². The van der Waals surface area contributed by atoms with Crippen LogP contribution in [0.1, 0.15) is 17.3 Å². The Kier molecular flexibility index (Phi) is 6.73. The third kappa shape index (κ3) is 4.30. The van der Waals surface area contributed by atoms with Crippen molar-refractivity contribution in [2.45, 2.75) is 13.5 Å². The fourth-order valence-corrected chi connectivity index (χ4v) is 4.00. The molecule has 158 valence electrons. The zero-order valence-electron chi connectivity index (χ0n) is 17.1. The van der Waals surface area contributed by atoms with Gasteiger partial charge >= 0.3 is 5.97 Å². The lowest BCUT2D eigenvalue weighted by atomic mass is 10.1. The maximum Gasteiger partial charge on any atom is 0.325 e. The number of nitrogens with zero attached hydrogens (tertiary/aromatic N) is 2. The van der Waals surface area contributed by atoms with Crippen molar-refractivity contribution in [3.8, 4) is 17.2 Å². The maximum atomic E-state index is 13.1. The van der Waals surface area contributed by atoms with Gasteiger partial charge in [0.15, 0.2) is 4.80 Å². The number of ether oxygens (including phenoxy) is 4. The number of aromatic nitrogens is 1. The first-order valence-corrected chi connectivity index (χ1v) is 9.97. The zero-order chi connectivity index (χ0) is 21.7. The molecule has 1 amide bonds. The van der Waals surface area contributed by atoms with Gasteiger partial charge in [0, 0.05) is 0 Å². The lowest BCUT2D eigenvalue weighted by Gasteiger charge is -2.09. The molecule has 0 bridgehead atoms. The van der Waals surface area contributed by atoms with Gasteiger partial charge in [-0.05, 0) is 37.3 Å². The highest BCUT2D eigenvalue weighted by Crippen LogP contribution is 2.29. The van der Waals surface area contributed by atoms with Crippen molar-refractivity contribution in [1.29, 1.82) is 0 Å². The topological polar surface area (TPSA) is 88.4 Å². The summed E-state index contributed by atoms with van der Waals surface area (Å²) < 4.78 is 23.4. The van der Waals surface area contributed by atoms with Crippen LogP contribution >= 0.6 is 11.3 Å².